The molecule has 0 spiro atoms. The predicted molar refractivity (Wildman–Crippen MR) is 179 cm³/mol. The SMILES string of the molecule is C1CCCC1.Cc1cc(P(c2cc(C(F)(F)F)cc(C(F)(F)F)c2)C2CCCC2[C@@H](C)P(C(C)(C)C)C(C)(C)C)cc(C(F)(F)F)c1.[Fe]. The minimum atomic E-state index is -5.06. The van der Waals surface area contributed by atoms with Gasteiger partial charge in [-0.2, -0.15) is 39.5 Å². The summed E-state index contributed by atoms with van der Waals surface area (Å²) < 4.78 is 125. The summed E-state index contributed by atoms with van der Waals surface area (Å²) in [6, 6.07) is 4.94. The molecule has 0 amide bonds. The largest absolute Gasteiger partial charge is 0.416 e. The van der Waals surface area contributed by atoms with Crippen LogP contribution in [0.5, 0.6) is 0 Å². The molecule has 12 heteroatoms. The Labute approximate surface area is 293 Å². The van der Waals surface area contributed by atoms with Crippen LogP contribution < -0.4 is 10.6 Å². The van der Waals surface area contributed by atoms with Crippen LogP contribution in [-0.4, -0.2) is 21.6 Å². The van der Waals surface area contributed by atoms with Crippen LogP contribution >= 0.6 is 15.8 Å². The second-order valence-corrected chi connectivity index (χ2v) is 21.7. The Hall–Kier alpha value is -0.811. The van der Waals surface area contributed by atoms with Gasteiger partial charge in [0, 0.05) is 17.1 Å². The first-order valence-corrected chi connectivity index (χ1v) is 19.2. The van der Waals surface area contributed by atoms with E-state index in [4.69, 9.17) is 0 Å². The van der Waals surface area contributed by atoms with E-state index in [0.29, 0.717) is 12.8 Å². The van der Waals surface area contributed by atoms with Crippen molar-refractivity contribution in [3.63, 3.8) is 0 Å². The molecule has 2 aliphatic rings. The van der Waals surface area contributed by atoms with Gasteiger partial charge in [-0.25, -0.2) is 0 Å². The van der Waals surface area contributed by atoms with Crippen molar-refractivity contribution in [3.05, 3.63) is 58.7 Å². The number of aryl methyl sites for hydroxylation is 1. The monoisotopic (exact) mass is 770 g/mol. The Balaban J connectivity index is 0.00000122. The van der Waals surface area contributed by atoms with E-state index in [0.717, 1.165) is 30.7 Å². The Bertz CT molecular complexity index is 1280. The second kappa shape index (κ2) is 16.2. The summed E-state index contributed by atoms with van der Waals surface area (Å²) in [6.45, 7) is 16.4. The van der Waals surface area contributed by atoms with E-state index in [-0.39, 0.29) is 66.9 Å². The quantitative estimate of drug-likeness (QED) is 0.161. The van der Waals surface area contributed by atoms with Gasteiger partial charge < -0.3 is 0 Å². The van der Waals surface area contributed by atoms with Gasteiger partial charge in [0.1, 0.15) is 0 Å². The first-order chi connectivity index (χ1) is 21.3. The van der Waals surface area contributed by atoms with Gasteiger partial charge in [-0.3, -0.25) is 0 Å². The molecule has 4 rings (SSSR count). The minimum Gasteiger partial charge on any atom is -0.166 e. The molecule has 48 heavy (non-hydrogen) atoms. The van der Waals surface area contributed by atoms with E-state index < -0.39 is 51.1 Å². The zero-order valence-electron chi connectivity index (χ0n) is 29.0. The molecule has 2 saturated carbocycles. The molecule has 3 unspecified atom stereocenters. The second-order valence-electron chi connectivity index (χ2n) is 15.1. The van der Waals surface area contributed by atoms with Crippen molar-refractivity contribution >= 4 is 26.5 Å². The zero-order valence-corrected chi connectivity index (χ0v) is 31.9. The fourth-order valence-electron chi connectivity index (χ4n) is 7.83. The molecule has 4 atom stereocenters. The Morgan fingerprint density at radius 2 is 0.938 bits per heavy atom. The maximum absolute atomic E-state index is 13.9. The number of rotatable bonds is 5. The number of alkyl halides is 9. The molecule has 0 nitrogen and oxygen atoms in total. The van der Waals surface area contributed by atoms with Gasteiger partial charge in [-0.15, -0.1) is 0 Å². The van der Waals surface area contributed by atoms with Crippen molar-refractivity contribution in [1.29, 1.82) is 0 Å². The van der Waals surface area contributed by atoms with Crippen molar-refractivity contribution in [1.82, 2.24) is 0 Å². The molecule has 0 aromatic heterocycles. The van der Waals surface area contributed by atoms with Crippen molar-refractivity contribution in [2.75, 3.05) is 0 Å². The van der Waals surface area contributed by atoms with Gasteiger partial charge >= 0.3 is 18.5 Å². The minimum absolute atomic E-state index is 0. The Morgan fingerprint density at radius 3 is 1.31 bits per heavy atom. The molecule has 0 aliphatic heterocycles. The first-order valence-electron chi connectivity index (χ1n) is 16.4. The number of hydrogen-bond donors (Lipinski definition) is 0. The van der Waals surface area contributed by atoms with Crippen molar-refractivity contribution in [2.24, 2.45) is 5.92 Å². The summed E-state index contributed by atoms with van der Waals surface area (Å²) >= 11 is 0. The molecule has 2 aliphatic carbocycles. The van der Waals surface area contributed by atoms with Crippen LogP contribution in [0.15, 0.2) is 36.4 Å². The summed E-state index contributed by atoms with van der Waals surface area (Å²) in [7, 11) is -2.73. The van der Waals surface area contributed by atoms with Crippen LogP contribution in [0.4, 0.5) is 39.5 Å². The van der Waals surface area contributed by atoms with Gasteiger partial charge in [0.15, 0.2) is 0 Å². The van der Waals surface area contributed by atoms with E-state index in [9.17, 15) is 39.5 Å². The summed E-state index contributed by atoms with van der Waals surface area (Å²) in [5.74, 6) is -0.0700. The van der Waals surface area contributed by atoms with Gasteiger partial charge in [0.25, 0.3) is 0 Å². The first kappa shape index (κ1) is 43.4. The van der Waals surface area contributed by atoms with Crippen molar-refractivity contribution < 1.29 is 56.6 Å². The molecule has 2 aromatic rings. The topological polar surface area (TPSA) is 0 Å². The van der Waals surface area contributed by atoms with Crippen LogP contribution in [-0.2, 0) is 35.6 Å². The smallest absolute Gasteiger partial charge is 0.166 e. The van der Waals surface area contributed by atoms with Crippen LogP contribution in [0.3, 0.4) is 0 Å². The van der Waals surface area contributed by atoms with Crippen LogP contribution in [0.1, 0.15) is 122 Å². The standard InChI is InChI=1S/C31H39F9P2.C5H10.Fe/c1-18-12-20(29(32,33)34)15-23(13-18)41(24-16-21(30(35,36)37)14-22(17-24)31(38,39)40)26-11-9-10-25(26)19(2)42(27(3,4)5)28(6,7)8;1-2-4-5-3-1;/h12-17,19,25-26H,9-11H2,1-8H3;1-5H2;/t19-,25?,26?,41?;;/m1../s1. The molecule has 2 aromatic carbocycles. The maximum atomic E-state index is 13.9. The van der Waals surface area contributed by atoms with E-state index in [2.05, 4.69) is 48.5 Å². The van der Waals surface area contributed by atoms with Gasteiger partial charge in [-0.1, -0.05) is 101 Å². The van der Waals surface area contributed by atoms with Gasteiger partial charge in [0.2, 0.25) is 0 Å². The Morgan fingerprint density at radius 1 is 0.562 bits per heavy atom. The average molecular weight is 771 g/mol. The van der Waals surface area contributed by atoms with Gasteiger partial charge in [0.05, 0.1) is 16.7 Å². The van der Waals surface area contributed by atoms with E-state index in [1.807, 2.05) is 0 Å². The fourth-order valence-corrected chi connectivity index (χ4v) is 16.6. The van der Waals surface area contributed by atoms with E-state index in [1.54, 1.807) is 0 Å². The normalized spacial score (nSPS) is 20.6. The zero-order chi connectivity index (χ0) is 35.8. The molecular formula is C36H49F9FeP2. The summed E-state index contributed by atoms with van der Waals surface area (Å²) in [5, 5.41) is -0.236. The summed E-state index contributed by atoms with van der Waals surface area (Å²) in [5.41, 5.74) is -3.89. The molecule has 0 bridgehead atoms. The van der Waals surface area contributed by atoms with Crippen molar-refractivity contribution in [2.45, 2.75) is 147 Å². The third kappa shape index (κ3) is 11.3. The van der Waals surface area contributed by atoms with E-state index >= 15 is 0 Å². The molecule has 0 saturated heterocycles. The number of halogens is 9. The molecule has 2 fully saturated rings. The molecule has 0 N–H and O–H groups in total. The summed E-state index contributed by atoms with van der Waals surface area (Å²) in [4.78, 5) is 0. The number of benzene rings is 2. The van der Waals surface area contributed by atoms with Crippen molar-refractivity contribution in [3.8, 4) is 0 Å². The summed E-state index contributed by atoms with van der Waals surface area (Å²) in [6.07, 6.45) is -5.39. The van der Waals surface area contributed by atoms with Crippen LogP contribution in [0, 0.1) is 12.8 Å². The molecule has 0 radical (unpaired) electrons. The fraction of sp³-hybridized carbons (Fsp3) is 0.667. The predicted octanol–water partition coefficient (Wildman–Crippen LogP) is 13.1. The van der Waals surface area contributed by atoms with E-state index in [1.165, 1.54) is 45.1 Å². The maximum Gasteiger partial charge on any atom is 0.416 e. The third-order valence-corrected chi connectivity index (χ3v) is 16.1. The molecule has 0 heterocycles. The third-order valence-electron chi connectivity index (χ3n) is 9.10. The van der Waals surface area contributed by atoms with Gasteiger partial charge in [-0.05, 0) is 102 Å². The average Bonchev–Trinajstić information content (AvgIpc) is 3.61. The van der Waals surface area contributed by atoms with Crippen LogP contribution in [0.25, 0.3) is 0 Å². The molecule has 274 valence electrons. The van der Waals surface area contributed by atoms with Crippen LogP contribution in [0.2, 0.25) is 0 Å². The Kier molecular flexibility index (Phi) is 14.7. The number of hydrogen-bond acceptors (Lipinski definition) is 0. The molecular weight excluding hydrogens is 721 g/mol.